The van der Waals surface area contributed by atoms with Gasteiger partial charge in [-0.3, -0.25) is 9.59 Å². The van der Waals surface area contributed by atoms with Crippen molar-refractivity contribution in [3.05, 3.63) is 29.3 Å². The molecule has 1 rings (SSSR count). The highest BCUT2D eigenvalue weighted by molar-refractivity contribution is 5.73. The number of carbonyl (C=O) groups is 2. The number of benzene rings is 1. The quantitative estimate of drug-likeness (QED) is 0.333. The Morgan fingerprint density at radius 2 is 1.64 bits per heavy atom. The van der Waals surface area contributed by atoms with Gasteiger partial charge in [0.1, 0.15) is 11.4 Å². The number of unbranched alkanes of at least 4 members (excludes halogenated alkanes) is 3. The molecular formula is C23H36O5. The molecule has 0 saturated carbocycles. The Kier molecular flexibility index (Phi) is 9.50. The molecule has 28 heavy (non-hydrogen) atoms. The monoisotopic (exact) mass is 392 g/mol. The van der Waals surface area contributed by atoms with Gasteiger partial charge in [0.15, 0.2) is 0 Å². The van der Waals surface area contributed by atoms with Gasteiger partial charge in [0.25, 0.3) is 6.47 Å². The van der Waals surface area contributed by atoms with Crippen LogP contribution in [0.2, 0.25) is 0 Å². The molecule has 0 amide bonds. The zero-order valence-corrected chi connectivity index (χ0v) is 17.8. The molecule has 1 aromatic rings. The van der Waals surface area contributed by atoms with Gasteiger partial charge < -0.3 is 14.9 Å². The maximum Gasteiger partial charge on any atom is 0.309 e. The standard InChI is InChI=1S/C23H36O5/c1-22(2,21(26)27)14-8-5-6-10-18-12-13-19(20(25)16-18)11-7-9-15-23(3,4)28-17-24/h12-13,16-17,25H,5-11,14-15H2,1-4H3,(H,26,27). The first-order valence-corrected chi connectivity index (χ1v) is 10.2. The van der Waals surface area contributed by atoms with Crippen molar-refractivity contribution >= 4 is 12.4 Å². The van der Waals surface area contributed by atoms with Gasteiger partial charge in [-0.25, -0.2) is 0 Å². The van der Waals surface area contributed by atoms with Crippen LogP contribution < -0.4 is 0 Å². The van der Waals surface area contributed by atoms with E-state index in [1.807, 2.05) is 26.0 Å². The van der Waals surface area contributed by atoms with Crippen molar-refractivity contribution in [2.24, 2.45) is 5.41 Å². The number of rotatable bonds is 14. The molecule has 0 radical (unpaired) electrons. The molecule has 5 nitrogen and oxygen atoms in total. The number of aliphatic carboxylic acids is 1. The molecule has 0 aliphatic rings. The highest BCUT2D eigenvalue weighted by Gasteiger charge is 2.25. The predicted molar refractivity (Wildman–Crippen MR) is 110 cm³/mol. The van der Waals surface area contributed by atoms with Gasteiger partial charge >= 0.3 is 5.97 Å². The van der Waals surface area contributed by atoms with E-state index in [0.29, 0.717) is 18.6 Å². The summed E-state index contributed by atoms with van der Waals surface area (Å²) in [4.78, 5) is 21.6. The molecule has 0 spiro atoms. The van der Waals surface area contributed by atoms with Crippen LogP contribution in [0, 0.1) is 5.41 Å². The molecule has 0 aliphatic heterocycles. The molecule has 0 heterocycles. The smallest absolute Gasteiger partial charge is 0.309 e. The molecule has 0 aromatic heterocycles. The third-order valence-electron chi connectivity index (χ3n) is 5.34. The Hall–Kier alpha value is -2.04. The summed E-state index contributed by atoms with van der Waals surface area (Å²) in [5.41, 5.74) is 0.960. The lowest BCUT2D eigenvalue weighted by atomic mass is 9.87. The number of ether oxygens (including phenoxy) is 1. The highest BCUT2D eigenvalue weighted by Crippen LogP contribution is 2.26. The van der Waals surface area contributed by atoms with Crippen molar-refractivity contribution in [2.75, 3.05) is 0 Å². The van der Waals surface area contributed by atoms with E-state index in [1.54, 1.807) is 13.8 Å². The van der Waals surface area contributed by atoms with Crippen LogP contribution >= 0.6 is 0 Å². The average Bonchev–Trinajstić information content (AvgIpc) is 2.59. The molecule has 1 aromatic carbocycles. The van der Waals surface area contributed by atoms with Crippen LogP contribution in [-0.2, 0) is 27.2 Å². The number of phenolic OH excluding ortho intramolecular Hbond substituents is 1. The van der Waals surface area contributed by atoms with Gasteiger partial charge in [0.2, 0.25) is 0 Å². The summed E-state index contributed by atoms with van der Waals surface area (Å²) in [6.45, 7) is 7.83. The molecule has 0 fully saturated rings. The van der Waals surface area contributed by atoms with Crippen LogP contribution in [0.15, 0.2) is 18.2 Å². The lowest BCUT2D eigenvalue weighted by Crippen LogP contribution is -2.23. The van der Waals surface area contributed by atoms with E-state index in [1.165, 1.54) is 0 Å². The number of carbonyl (C=O) groups excluding carboxylic acids is 1. The van der Waals surface area contributed by atoms with Crippen molar-refractivity contribution < 1.29 is 24.5 Å². The van der Waals surface area contributed by atoms with Crippen LogP contribution in [0.4, 0.5) is 0 Å². The summed E-state index contributed by atoms with van der Waals surface area (Å²) < 4.78 is 5.05. The third kappa shape index (κ3) is 8.77. The summed E-state index contributed by atoms with van der Waals surface area (Å²) in [6, 6.07) is 5.90. The van der Waals surface area contributed by atoms with Crippen molar-refractivity contribution in [2.45, 2.75) is 91.1 Å². The number of hydrogen-bond donors (Lipinski definition) is 2. The van der Waals surface area contributed by atoms with Crippen molar-refractivity contribution in [3.8, 4) is 5.75 Å². The van der Waals surface area contributed by atoms with Crippen LogP contribution in [0.3, 0.4) is 0 Å². The Labute approximate surface area is 169 Å². The third-order valence-corrected chi connectivity index (χ3v) is 5.34. The van der Waals surface area contributed by atoms with Crippen LogP contribution in [0.5, 0.6) is 5.75 Å². The SMILES string of the molecule is CC(C)(CCCCc1ccc(CCCCCC(C)(C)C(=O)O)cc1O)OC=O. The van der Waals surface area contributed by atoms with Gasteiger partial charge in [0, 0.05) is 0 Å². The molecule has 0 unspecified atom stereocenters. The van der Waals surface area contributed by atoms with Gasteiger partial charge in [-0.1, -0.05) is 25.0 Å². The number of carboxylic acid groups (broad SMARTS) is 1. The Morgan fingerprint density at radius 3 is 2.25 bits per heavy atom. The number of phenols is 1. The van der Waals surface area contributed by atoms with Gasteiger partial charge in [-0.05, 0) is 89.8 Å². The lowest BCUT2D eigenvalue weighted by molar-refractivity contribution is -0.147. The second kappa shape index (κ2) is 11.1. The van der Waals surface area contributed by atoms with Gasteiger partial charge in [-0.15, -0.1) is 0 Å². The fourth-order valence-electron chi connectivity index (χ4n) is 3.21. The first-order valence-electron chi connectivity index (χ1n) is 10.2. The normalized spacial score (nSPS) is 12.0. The summed E-state index contributed by atoms with van der Waals surface area (Å²) in [7, 11) is 0. The largest absolute Gasteiger partial charge is 0.508 e. The molecule has 0 saturated heterocycles. The zero-order valence-electron chi connectivity index (χ0n) is 17.8. The zero-order chi connectivity index (χ0) is 21.2. The first kappa shape index (κ1) is 24.0. The summed E-state index contributed by atoms with van der Waals surface area (Å²) in [6.07, 6.45) is 7.88. The van der Waals surface area contributed by atoms with Crippen molar-refractivity contribution in [3.63, 3.8) is 0 Å². The minimum Gasteiger partial charge on any atom is -0.508 e. The van der Waals surface area contributed by atoms with Crippen molar-refractivity contribution in [1.29, 1.82) is 0 Å². The molecule has 5 heteroatoms. The van der Waals surface area contributed by atoms with E-state index in [9.17, 15) is 14.7 Å². The summed E-state index contributed by atoms with van der Waals surface area (Å²) in [5.74, 6) is -0.402. The highest BCUT2D eigenvalue weighted by atomic mass is 16.5. The minimum absolute atomic E-state index is 0.341. The maximum absolute atomic E-state index is 11.1. The van der Waals surface area contributed by atoms with E-state index in [4.69, 9.17) is 9.84 Å². The Bertz CT molecular complexity index is 634. The van der Waals surface area contributed by atoms with E-state index >= 15 is 0 Å². The van der Waals surface area contributed by atoms with E-state index in [-0.39, 0.29) is 0 Å². The van der Waals surface area contributed by atoms with Gasteiger partial charge in [-0.2, -0.15) is 0 Å². The second-order valence-electron chi connectivity index (χ2n) is 8.89. The average molecular weight is 393 g/mol. The molecule has 0 aliphatic carbocycles. The number of aromatic hydroxyl groups is 1. The van der Waals surface area contributed by atoms with Crippen LogP contribution in [-0.4, -0.2) is 28.3 Å². The second-order valence-corrected chi connectivity index (χ2v) is 8.89. The molecule has 0 bridgehead atoms. The summed E-state index contributed by atoms with van der Waals surface area (Å²) in [5, 5.41) is 19.4. The van der Waals surface area contributed by atoms with E-state index < -0.39 is 17.0 Å². The van der Waals surface area contributed by atoms with Crippen molar-refractivity contribution in [1.82, 2.24) is 0 Å². The van der Waals surface area contributed by atoms with E-state index in [2.05, 4.69) is 6.07 Å². The van der Waals surface area contributed by atoms with Crippen LogP contribution in [0.25, 0.3) is 0 Å². The van der Waals surface area contributed by atoms with Gasteiger partial charge in [0.05, 0.1) is 5.41 Å². The topological polar surface area (TPSA) is 83.8 Å². The fraction of sp³-hybridized carbons (Fsp3) is 0.652. The van der Waals surface area contributed by atoms with E-state index in [0.717, 1.165) is 62.5 Å². The molecular weight excluding hydrogens is 356 g/mol. The summed E-state index contributed by atoms with van der Waals surface area (Å²) >= 11 is 0. The number of aryl methyl sites for hydroxylation is 2. The van der Waals surface area contributed by atoms with Crippen LogP contribution in [0.1, 0.15) is 83.8 Å². The Balaban J connectivity index is 2.34. The maximum atomic E-state index is 11.1. The predicted octanol–water partition coefficient (Wildman–Crippen LogP) is 5.27. The lowest BCUT2D eigenvalue weighted by Gasteiger charge is -2.22. The first-order chi connectivity index (χ1) is 13.1. The molecule has 0 atom stereocenters. The Morgan fingerprint density at radius 1 is 1.00 bits per heavy atom. The fourth-order valence-corrected chi connectivity index (χ4v) is 3.21. The number of carboxylic acids is 1. The minimum atomic E-state index is -0.743. The number of hydrogen-bond acceptors (Lipinski definition) is 4. The molecule has 2 N–H and O–H groups in total. The molecule has 158 valence electrons.